The molecule has 0 aromatic rings. The molecule has 5 aliphatic carbocycles. The quantitative estimate of drug-likeness (QED) is 0.115. The second-order valence-corrected chi connectivity index (χ2v) is 20.9. The van der Waals surface area contributed by atoms with Gasteiger partial charge >= 0.3 is 17.9 Å². The van der Waals surface area contributed by atoms with Crippen molar-refractivity contribution in [3.05, 3.63) is 12.2 Å². The molecular formula is C44H71NO8. The Kier molecular flexibility index (Phi) is 11.2. The molecule has 0 bridgehead atoms. The first kappa shape index (κ1) is 41.7. The Labute approximate surface area is 318 Å². The van der Waals surface area contributed by atoms with E-state index >= 15 is 0 Å². The van der Waals surface area contributed by atoms with Crippen LogP contribution in [0, 0.1) is 68.0 Å². The number of esters is 1. The van der Waals surface area contributed by atoms with E-state index in [0.717, 1.165) is 69.8 Å². The molecule has 4 N–H and O–H groups in total. The van der Waals surface area contributed by atoms with E-state index in [4.69, 9.17) is 4.74 Å². The molecule has 9 heteroatoms. The predicted molar refractivity (Wildman–Crippen MR) is 205 cm³/mol. The maximum Gasteiger partial charge on any atom is 0.309 e. The van der Waals surface area contributed by atoms with Crippen LogP contribution in [0.15, 0.2) is 12.2 Å². The summed E-state index contributed by atoms with van der Waals surface area (Å²) >= 11 is 0. The monoisotopic (exact) mass is 742 g/mol. The van der Waals surface area contributed by atoms with Crippen LogP contribution < -0.4 is 5.32 Å². The minimum Gasteiger partial charge on any atom is -0.481 e. The number of carbonyl (C=O) groups is 4. The van der Waals surface area contributed by atoms with Gasteiger partial charge < -0.3 is 25.4 Å². The number of fused-ring (bicyclic) bond motifs is 7. The highest BCUT2D eigenvalue weighted by Gasteiger charge is 2.72. The smallest absolute Gasteiger partial charge is 0.309 e. The molecule has 5 rings (SSSR count). The van der Waals surface area contributed by atoms with Crippen LogP contribution in [0.1, 0.15) is 153 Å². The van der Waals surface area contributed by atoms with Gasteiger partial charge in [-0.05, 0) is 143 Å². The molecule has 0 aromatic carbocycles. The third-order valence-corrected chi connectivity index (χ3v) is 16.8. The molecule has 0 aromatic heterocycles. The van der Waals surface area contributed by atoms with Gasteiger partial charge in [0.15, 0.2) is 0 Å². The Morgan fingerprint density at radius 1 is 0.868 bits per heavy atom. The van der Waals surface area contributed by atoms with Crippen LogP contribution >= 0.6 is 0 Å². The van der Waals surface area contributed by atoms with Gasteiger partial charge in [-0.15, -0.1) is 0 Å². The SMILES string of the molecule is C=C(C)[C@@H]1CC[C@]2(C(=O)N[C@@H](CC(C)C)[C@H](O)CC(=O)O)CC[C@]3(C)[C@H](CC[C@@H]4[C@@]5(C)CC[C@H](OC(=O)CC(C)(C)C(=O)O)C(C)(C)[C@@H]5CC[C@]43C)[C@@H]12. The Balaban J connectivity index is 1.42. The van der Waals surface area contributed by atoms with E-state index in [-0.39, 0.29) is 57.8 Å². The fraction of sp³-hybridized carbons (Fsp3) is 0.864. The average molecular weight is 742 g/mol. The molecule has 0 radical (unpaired) electrons. The zero-order chi connectivity index (χ0) is 39.7. The summed E-state index contributed by atoms with van der Waals surface area (Å²) in [6.45, 7) is 25.9. The van der Waals surface area contributed by atoms with E-state index in [1.165, 1.54) is 0 Å². The van der Waals surface area contributed by atoms with E-state index in [1.54, 1.807) is 13.8 Å². The minimum absolute atomic E-state index is 0.00636. The topological polar surface area (TPSA) is 150 Å². The molecule has 9 nitrogen and oxygen atoms in total. The number of hydrogen-bond donors (Lipinski definition) is 4. The number of rotatable bonds is 12. The van der Waals surface area contributed by atoms with Crippen LogP contribution in [0.4, 0.5) is 0 Å². The van der Waals surface area contributed by atoms with Crippen LogP contribution in [0.5, 0.6) is 0 Å². The lowest BCUT2D eigenvalue weighted by Gasteiger charge is -2.72. The molecule has 5 saturated carbocycles. The van der Waals surface area contributed by atoms with Crippen molar-refractivity contribution in [3.63, 3.8) is 0 Å². The molecule has 53 heavy (non-hydrogen) atoms. The normalized spacial score (nSPS) is 40.1. The summed E-state index contributed by atoms with van der Waals surface area (Å²) in [6, 6.07) is -0.615. The number of aliphatic hydroxyl groups excluding tert-OH is 1. The molecule has 0 aliphatic heterocycles. The fourth-order valence-electron chi connectivity index (χ4n) is 13.8. The molecule has 300 valence electrons. The van der Waals surface area contributed by atoms with Gasteiger partial charge in [0.2, 0.25) is 5.91 Å². The number of nitrogens with one attached hydrogen (secondary N) is 1. The Bertz CT molecular complexity index is 1470. The van der Waals surface area contributed by atoms with Crippen molar-refractivity contribution in [2.75, 3.05) is 0 Å². The highest BCUT2D eigenvalue weighted by molar-refractivity contribution is 5.84. The molecule has 0 spiro atoms. The van der Waals surface area contributed by atoms with E-state index < -0.39 is 47.3 Å². The van der Waals surface area contributed by atoms with Crippen molar-refractivity contribution in [1.82, 2.24) is 5.32 Å². The zero-order valence-corrected chi connectivity index (χ0v) is 34.5. The molecule has 12 atom stereocenters. The third kappa shape index (κ3) is 6.90. The maximum atomic E-state index is 14.8. The first-order valence-corrected chi connectivity index (χ1v) is 20.7. The first-order valence-electron chi connectivity index (χ1n) is 20.7. The van der Waals surface area contributed by atoms with Crippen molar-refractivity contribution in [2.24, 2.45) is 68.0 Å². The molecular weight excluding hydrogens is 670 g/mol. The number of aliphatic carboxylic acids is 2. The Morgan fingerprint density at radius 2 is 1.53 bits per heavy atom. The lowest BCUT2D eigenvalue weighted by Crippen LogP contribution is -2.67. The summed E-state index contributed by atoms with van der Waals surface area (Å²) < 4.78 is 6.16. The highest BCUT2D eigenvalue weighted by atomic mass is 16.5. The van der Waals surface area contributed by atoms with Crippen LogP contribution in [0.3, 0.4) is 0 Å². The van der Waals surface area contributed by atoms with Crippen LogP contribution in [0.2, 0.25) is 0 Å². The largest absolute Gasteiger partial charge is 0.481 e. The summed E-state index contributed by atoms with van der Waals surface area (Å²) in [5, 5.41) is 33.3. The van der Waals surface area contributed by atoms with Crippen molar-refractivity contribution in [3.8, 4) is 0 Å². The zero-order valence-electron chi connectivity index (χ0n) is 34.5. The van der Waals surface area contributed by atoms with Crippen molar-refractivity contribution >= 4 is 23.8 Å². The van der Waals surface area contributed by atoms with Crippen molar-refractivity contribution < 1.29 is 39.2 Å². The summed E-state index contributed by atoms with van der Waals surface area (Å²) in [5.41, 5.74) is -0.765. The molecule has 0 heterocycles. The summed E-state index contributed by atoms with van der Waals surface area (Å²) in [4.78, 5) is 51.2. The van der Waals surface area contributed by atoms with Crippen LogP contribution in [0.25, 0.3) is 0 Å². The summed E-state index contributed by atoms with van der Waals surface area (Å²) in [6.07, 6.45) is 7.97. The number of carboxylic acid groups (broad SMARTS) is 2. The number of aliphatic hydroxyl groups is 1. The Morgan fingerprint density at radius 3 is 2.11 bits per heavy atom. The van der Waals surface area contributed by atoms with Crippen LogP contribution in [-0.4, -0.2) is 57.4 Å². The van der Waals surface area contributed by atoms with E-state index in [2.05, 4.69) is 53.4 Å². The van der Waals surface area contributed by atoms with Gasteiger partial charge in [-0.25, -0.2) is 0 Å². The lowest BCUT2D eigenvalue weighted by atomic mass is 9.32. The second-order valence-electron chi connectivity index (χ2n) is 20.9. The Hall–Kier alpha value is -2.42. The molecule has 0 saturated heterocycles. The van der Waals surface area contributed by atoms with Gasteiger partial charge in [0.05, 0.1) is 35.8 Å². The van der Waals surface area contributed by atoms with Gasteiger partial charge in [-0.2, -0.15) is 0 Å². The summed E-state index contributed by atoms with van der Waals surface area (Å²) in [5.74, 6) is -0.789. The number of amides is 1. The number of carboxylic acids is 2. The minimum atomic E-state index is -1.18. The van der Waals surface area contributed by atoms with Gasteiger partial charge in [0.25, 0.3) is 0 Å². The number of hydrogen-bond acceptors (Lipinski definition) is 6. The number of ether oxygens (including phenoxy) is 1. The standard InChI is InChI=1S/C44H71NO8/c1-25(2)22-29(30(46)23-34(47)48)45-37(50)44-19-14-27(26(3)4)36(44)28-12-13-32-41(9)17-16-33(53-35(49)24-39(5,6)38(51)52)40(7,8)31(41)15-18-43(32,11)42(28,10)20-21-44/h25,27-33,36,46H,3,12-24H2,1-2,4-11H3,(H,45,50)(H,47,48)(H,51,52)/t27-,28+,29-,30+,31-,32+,33-,36+,41-,42+,43+,44-/m0/s1. The van der Waals surface area contributed by atoms with Gasteiger partial charge in [-0.1, -0.05) is 60.6 Å². The number of allylic oxidation sites excluding steroid dienone is 1. The van der Waals surface area contributed by atoms with Gasteiger partial charge in [-0.3, -0.25) is 19.2 Å². The molecule has 5 fully saturated rings. The average Bonchev–Trinajstić information content (AvgIpc) is 3.43. The second kappa shape index (κ2) is 14.3. The molecule has 0 unspecified atom stereocenters. The predicted octanol–water partition coefficient (Wildman–Crippen LogP) is 8.42. The van der Waals surface area contributed by atoms with Gasteiger partial charge in [0.1, 0.15) is 6.10 Å². The molecule has 1 amide bonds. The maximum absolute atomic E-state index is 14.8. The van der Waals surface area contributed by atoms with E-state index in [1.807, 2.05) is 13.8 Å². The molecule has 5 aliphatic rings. The van der Waals surface area contributed by atoms with E-state index in [0.29, 0.717) is 24.2 Å². The summed E-state index contributed by atoms with van der Waals surface area (Å²) in [7, 11) is 0. The highest BCUT2D eigenvalue weighted by Crippen LogP contribution is 2.77. The number of carbonyl (C=O) groups excluding carboxylic acids is 2. The first-order chi connectivity index (χ1) is 24.4. The van der Waals surface area contributed by atoms with Crippen molar-refractivity contribution in [2.45, 2.75) is 171 Å². The third-order valence-electron chi connectivity index (χ3n) is 16.8. The van der Waals surface area contributed by atoms with Gasteiger partial charge in [0, 0.05) is 5.41 Å². The van der Waals surface area contributed by atoms with Crippen LogP contribution in [-0.2, 0) is 23.9 Å². The van der Waals surface area contributed by atoms with E-state index in [9.17, 15) is 34.5 Å². The van der Waals surface area contributed by atoms with Crippen molar-refractivity contribution in [1.29, 1.82) is 0 Å². The lowest BCUT2D eigenvalue weighted by molar-refractivity contribution is -0.249. The fourth-order valence-corrected chi connectivity index (χ4v) is 13.8.